The van der Waals surface area contributed by atoms with E-state index in [0.717, 1.165) is 31.5 Å². The van der Waals surface area contributed by atoms with Crippen molar-refractivity contribution in [3.63, 3.8) is 0 Å². The molecular formula is C17H29ClN2O. The molecule has 2 N–H and O–H groups in total. The van der Waals surface area contributed by atoms with Crippen molar-refractivity contribution in [2.24, 2.45) is 0 Å². The quantitative estimate of drug-likeness (QED) is 0.724. The van der Waals surface area contributed by atoms with Gasteiger partial charge in [-0.15, -0.1) is 12.4 Å². The van der Waals surface area contributed by atoms with Crippen LogP contribution in [0.4, 0.5) is 0 Å². The van der Waals surface area contributed by atoms with E-state index < -0.39 is 5.41 Å². The van der Waals surface area contributed by atoms with E-state index in [1.807, 2.05) is 13.8 Å². The van der Waals surface area contributed by atoms with Crippen molar-refractivity contribution in [3.8, 4) is 0 Å². The van der Waals surface area contributed by atoms with Gasteiger partial charge in [0.25, 0.3) is 0 Å². The second-order valence-corrected chi connectivity index (χ2v) is 5.68. The molecule has 1 aromatic rings. The Balaban J connectivity index is 0.00000400. The maximum atomic E-state index is 12.3. The Morgan fingerprint density at radius 3 is 2.19 bits per heavy atom. The first-order valence-corrected chi connectivity index (χ1v) is 7.60. The molecule has 3 nitrogen and oxygen atoms in total. The number of hydrogen-bond donors (Lipinski definition) is 2. The molecule has 0 spiro atoms. The van der Waals surface area contributed by atoms with Crippen LogP contribution in [0.15, 0.2) is 24.3 Å². The van der Waals surface area contributed by atoms with Crippen molar-refractivity contribution in [1.29, 1.82) is 0 Å². The number of rotatable bonds is 8. The summed E-state index contributed by atoms with van der Waals surface area (Å²) < 4.78 is 0. The summed E-state index contributed by atoms with van der Waals surface area (Å²) in [7, 11) is 0. The van der Waals surface area contributed by atoms with Crippen LogP contribution in [0.25, 0.3) is 0 Å². The predicted octanol–water partition coefficient (Wildman–Crippen LogP) is 3.06. The maximum absolute atomic E-state index is 12.3. The number of benzene rings is 1. The van der Waals surface area contributed by atoms with E-state index in [-0.39, 0.29) is 18.3 Å². The topological polar surface area (TPSA) is 41.1 Å². The van der Waals surface area contributed by atoms with E-state index in [4.69, 9.17) is 0 Å². The van der Waals surface area contributed by atoms with E-state index in [9.17, 15) is 4.79 Å². The Labute approximate surface area is 135 Å². The standard InChI is InChI=1S/C17H28N2O.ClH/c1-5-11-18-12-13-19-16(20)17(3,4)15-9-7-14(6-2)8-10-15;/h7-10,18H,5-6,11-13H2,1-4H3,(H,19,20);1H. The van der Waals surface area contributed by atoms with E-state index in [2.05, 4.69) is 48.7 Å². The molecule has 0 heterocycles. The van der Waals surface area contributed by atoms with Crippen molar-refractivity contribution >= 4 is 18.3 Å². The second kappa shape index (κ2) is 9.80. The molecule has 1 rings (SSSR count). The summed E-state index contributed by atoms with van der Waals surface area (Å²) in [6.45, 7) is 10.7. The van der Waals surface area contributed by atoms with Crippen LogP contribution < -0.4 is 10.6 Å². The van der Waals surface area contributed by atoms with Gasteiger partial charge >= 0.3 is 0 Å². The first-order chi connectivity index (χ1) is 9.52. The number of amides is 1. The lowest BCUT2D eigenvalue weighted by Gasteiger charge is -2.24. The minimum absolute atomic E-state index is 0. The second-order valence-electron chi connectivity index (χ2n) is 5.68. The van der Waals surface area contributed by atoms with Crippen LogP contribution in [0.2, 0.25) is 0 Å². The molecule has 0 unspecified atom stereocenters. The predicted molar refractivity (Wildman–Crippen MR) is 92.3 cm³/mol. The molecule has 0 aliphatic rings. The normalized spacial score (nSPS) is 10.9. The molecule has 0 aliphatic heterocycles. The third kappa shape index (κ3) is 6.06. The number of halogens is 1. The maximum Gasteiger partial charge on any atom is 0.230 e. The average Bonchev–Trinajstić information content (AvgIpc) is 2.46. The smallest absolute Gasteiger partial charge is 0.230 e. The van der Waals surface area contributed by atoms with Gasteiger partial charge in [0.15, 0.2) is 0 Å². The third-order valence-electron chi connectivity index (χ3n) is 3.67. The lowest BCUT2D eigenvalue weighted by molar-refractivity contribution is -0.125. The summed E-state index contributed by atoms with van der Waals surface area (Å²) in [5.41, 5.74) is 1.87. The Bertz CT molecular complexity index is 415. The van der Waals surface area contributed by atoms with Gasteiger partial charge in [-0.2, -0.15) is 0 Å². The van der Waals surface area contributed by atoms with Gasteiger partial charge in [-0.3, -0.25) is 4.79 Å². The van der Waals surface area contributed by atoms with Crippen LogP contribution in [-0.4, -0.2) is 25.5 Å². The summed E-state index contributed by atoms with van der Waals surface area (Å²) in [6.07, 6.45) is 2.14. The van der Waals surface area contributed by atoms with E-state index in [1.165, 1.54) is 5.56 Å². The molecular weight excluding hydrogens is 284 g/mol. The molecule has 0 atom stereocenters. The van der Waals surface area contributed by atoms with Gasteiger partial charge in [0, 0.05) is 13.1 Å². The lowest BCUT2D eigenvalue weighted by atomic mass is 9.83. The monoisotopic (exact) mass is 312 g/mol. The van der Waals surface area contributed by atoms with Crippen LogP contribution >= 0.6 is 12.4 Å². The highest BCUT2D eigenvalue weighted by Crippen LogP contribution is 2.23. The minimum atomic E-state index is -0.489. The van der Waals surface area contributed by atoms with Crippen LogP contribution in [0.1, 0.15) is 45.2 Å². The van der Waals surface area contributed by atoms with E-state index in [1.54, 1.807) is 0 Å². The number of carbonyl (C=O) groups is 1. The summed E-state index contributed by atoms with van der Waals surface area (Å²) in [6, 6.07) is 8.34. The van der Waals surface area contributed by atoms with Crippen LogP contribution in [0.5, 0.6) is 0 Å². The molecule has 21 heavy (non-hydrogen) atoms. The van der Waals surface area contributed by atoms with Crippen molar-refractivity contribution in [2.75, 3.05) is 19.6 Å². The zero-order chi connectivity index (χ0) is 15.0. The van der Waals surface area contributed by atoms with Crippen LogP contribution in [0, 0.1) is 0 Å². The number of nitrogens with one attached hydrogen (secondary N) is 2. The largest absolute Gasteiger partial charge is 0.354 e. The molecule has 0 aromatic heterocycles. The number of aryl methyl sites for hydroxylation is 1. The minimum Gasteiger partial charge on any atom is -0.354 e. The zero-order valence-electron chi connectivity index (χ0n) is 13.7. The zero-order valence-corrected chi connectivity index (χ0v) is 14.5. The van der Waals surface area contributed by atoms with E-state index >= 15 is 0 Å². The number of carbonyl (C=O) groups excluding carboxylic acids is 1. The summed E-state index contributed by atoms with van der Waals surface area (Å²) in [5.74, 6) is 0.0834. The molecule has 1 aromatic carbocycles. The highest BCUT2D eigenvalue weighted by molar-refractivity contribution is 5.87. The van der Waals surface area contributed by atoms with Gasteiger partial charge < -0.3 is 10.6 Å². The van der Waals surface area contributed by atoms with Gasteiger partial charge in [0.1, 0.15) is 0 Å². The SMILES string of the molecule is CCCNCCNC(=O)C(C)(C)c1ccc(CC)cc1.Cl. The Morgan fingerprint density at radius 2 is 1.67 bits per heavy atom. The van der Waals surface area contributed by atoms with Crippen molar-refractivity contribution < 1.29 is 4.79 Å². The van der Waals surface area contributed by atoms with E-state index in [0.29, 0.717) is 6.54 Å². The first-order valence-electron chi connectivity index (χ1n) is 7.60. The van der Waals surface area contributed by atoms with Crippen molar-refractivity contribution in [2.45, 2.75) is 46.0 Å². The highest BCUT2D eigenvalue weighted by atomic mass is 35.5. The fourth-order valence-electron chi connectivity index (χ4n) is 2.08. The molecule has 0 bridgehead atoms. The molecule has 0 fully saturated rings. The summed E-state index contributed by atoms with van der Waals surface area (Å²) >= 11 is 0. The third-order valence-corrected chi connectivity index (χ3v) is 3.67. The first kappa shape index (κ1) is 19.9. The Morgan fingerprint density at radius 1 is 1.05 bits per heavy atom. The molecule has 0 aliphatic carbocycles. The van der Waals surface area contributed by atoms with Gasteiger partial charge in [-0.1, -0.05) is 38.1 Å². The molecule has 4 heteroatoms. The van der Waals surface area contributed by atoms with Gasteiger partial charge in [0.2, 0.25) is 5.91 Å². The summed E-state index contributed by atoms with van der Waals surface area (Å²) in [5, 5.41) is 6.29. The van der Waals surface area contributed by atoms with Crippen molar-refractivity contribution in [3.05, 3.63) is 35.4 Å². The van der Waals surface area contributed by atoms with Gasteiger partial charge in [-0.05, 0) is 44.4 Å². The molecule has 0 saturated carbocycles. The van der Waals surface area contributed by atoms with Crippen LogP contribution in [-0.2, 0) is 16.6 Å². The Kier molecular flexibility index (Phi) is 9.31. The average molecular weight is 313 g/mol. The fraction of sp³-hybridized carbons (Fsp3) is 0.588. The van der Waals surface area contributed by atoms with Crippen LogP contribution in [0.3, 0.4) is 0 Å². The highest BCUT2D eigenvalue weighted by Gasteiger charge is 2.29. The van der Waals surface area contributed by atoms with Crippen molar-refractivity contribution in [1.82, 2.24) is 10.6 Å². The summed E-state index contributed by atoms with van der Waals surface area (Å²) in [4.78, 5) is 12.3. The fourth-order valence-corrected chi connectivity index (χ4v) is 2.08. The molecule has 0 radical (unpaired) electrons. The Hall–Kier alpha value is -1.06. The molecule has 1 amide bonds. The molecule has 0 saturated heterocycles. The number of hydrogen-bond acceptors (Lipinski definition) is 2. The van der Waals surface area contributed by atoms with Gasteiger partial charge in [-0.25, -0.2) is 0 Å². The lowest BCUT2D eigenvalue weighted by Crippen LogP contribution is -2.42. The molecule has 120 valence electrons. The van der Waals surface area contributed by atoms with Gasteiger partial charge in [0.05, 0.1) is 5.41 Å².